The Labute approximate surface area is 178 Å². The molecule has 0 saturated carbocycles. The first-order valence-electron chi connectivity index (χ1n) is 11.5. The number of aromatic amines is 1. The molecule has 30 heavy (non-hydrogen) atoms. The third kappa shape index (κ3) is 5.82. The van der Waals surface area contributed by atoms with Gasteiger partial charge in [0.25, 0.3) is 5.56 Å². The Balaban J connectivity index is 1.29. The van der Waals surface area contributed by atoms with E-state index in [-0.39, 0.29) is 5.56 Å². The van der Waals surface area contributed by atoms with Gasteiger partial charge >= 0.3 is 5.69 Å². The van der Waals surface area contributed by atoms with E-state index in [1.165, 1.54) is 75.8 Å². The molecule has 0 bridgehead atoms. The summed E-state index contributed by atoms with van der Waals surface area (Å²) in [5.74, 6) is 0.789. The maximum atomic E-state index is 12.2. The number of nitrogens with zero attached hydrogens (tertiary/aromatic N) is 5. The molecule has 1 aliphatic heterocycles. The number of hydrogen-bond acceptors (Lipinski definition) is 5. The summed E-state index contributed by atoms with van der Waals surface area (Å²) in [6.45, 7) is 8.80. The Morgan fingerprint density at radius 3 is 2.03 bits per heavy atom. The molecular weight excluding hydrogens is 380 g/mol. The number of H-pyrrole nitrogens is 1. The molecule has 8 heteroatoms. The van der Waals surface area contributed by atoms with E-state index in [1.807, 2.05) is 11.5 Å². The molecule has 1 saturated heterocycles. The van der Waals surface area contributed by atoms with Crippen molar-refractivity contribution in [1.82, 2.24) is 28.9 Å². The zero-order valence-corrected chi connectivity index (χ0v) is 19.0. The maximum absolute atomic E-state index is 12.2. The minimum atomic E-state index is -0.416. The molecule has 3 heterocycles. The highest BCUT2D eigenvalue weighted by Gasteiger charge is 2.14. The van der Waals surface area contributed by atoms with Crippen molar-refractivity contribution in [3.8, 4) is 0 Å². The van der Waals surface area contributed by atoms with Gasteiger partial charge in [-0.1, -0.05) is 38.5 Å². The van der Waals surface area contributed by atoms with Crippen molar-refractivity contribution in [3.63, 3.8) is 0 Å². The van der Waals surface area contributed by atoms with E-state index >= 15 is 0 Å². The molecule has 0 radical (unpaired) electrons. The second-order valence-corrected chi connectivity index (χ2v) is 8.77. The highest BCUT2D eigenvalue weighted by Crippen LogP contribution is 2.14. The molecule has 0 aromatic carbocycles. The Morgan fingerprint density at radius 2 is 1.40 bits per heavy atom. The van der Waals surface area contributed by atoms with E-state index in [9.17, 15) is 9.59 Å². The Bertz CT molecular complexity index is 920. The number of unbranched alkanes of at least 4 members (excludes halogenated alkanes) is 7. The van der Waals surface area contributed by atoms with E-state index < -0.39 is 5.69 Å². The van der Waals surface area contributed by atoms with Crippen LogP contribution in [0, 0.1) is 6.92 Å². The molecule has 0 spiro atoms. The van der Waals surface area contributed by atoms with Gasteiger partial charge in [-0.3, -0.25) is 14.3 Å². The SMILES string of the molecule is Cc1nc2c(c(=O)[nH]c(=O)n2C)n1CCCCCCCCCCN1CCN(C)CC1. The first-order valence-corrected chi connectivity index (χ1v) is 11.5. The van der Waals surface area contributed by atoms with Gasteiger partial charge in [-0.25, -0.2) is 9.78 Å². The number of aryl methyl sites for hydroxylation is 3. The van der Waals surface area contributed by atoms with Crippen molar-refractivity contribution in [1.29, 1.82) is 0 Å². The summed E-state index contributed by atoms with van der Waals surface area (Å²) in [5, 5.41) is 0. The zero-order chi connectivity index (χ0) is 21.5. The molecule has 0 amide bonds. The van der Waals surface area contributed by atoms with E-state index in [1.54, 1.807) is 7.05 Å². The van der Waals surface area contributed by atoms with Crippen LogP contribution in [0.2, 0.25) is 0 Å². The number of piperazine rings is 1. The van der Waals surface area contributed by atoms with Crippen LogP contribution in [-0.4, -0.2) is 68.7 Å². The molecule has 2 aromatic rings. The second-order valence-electron chi connectivity index (χ2n) is 8.77. The molecule has 1 aliphatic rings. The van der Waals surface area contributed by atoms with Crippen LogP contribution in [0.5, 0.6) is 0 Å². The summed E-state index contributed by atoms with van der Waals surface area (Å²) >= 11 is 0. The van der Waals surface area contributed by atoms with Gasteiger partial charge in [-0.15, -0.1) is 0 Å². The molecule has 0 aliphatic carbocycles. The lowest BCUT2D eigenvalue weighted by molar-refractivity contribution is 0.152. The number of nitrogens with one attached hydrogen (secondary N) is 1. The Hall–Kier alpha value is -1.93. The van der Waals surface area contributed by atoms with E-state index in [0.29, 0.717) is 11.2 Å². The van der Waals surface area contributed by atoms with Crippen LogP contribution >= 0.6 is 0 Å². The van der Waals surface area contributed by atoms with Crippen LogP contribution in [0.25, 0.3) is 11.2 Å². The number of imidazole rings is 1. The lowest BCUT2D eigenvalue weighted by Crippen LogP contribution is -2.44. The normalized spacial score (nSPS) is 16.0. The highest BCUT2D eigenvalue weighted by molar-refractivity contribution is 5.70. The maximum Gasteiger partial charge on any atom is 0.329 e. The molecule has 0 unspecified atom stereocenters. The minimum absolute atomic E-state index is 0.342. The fourth-order valence-corrected chi connectivity index (χ4v) is 4.35. The number of fused-ring (bicyclic) bond motifs is 1. The predicted molar refractivity (Wildman–Crippen MR) is 121 cm³/mol. The molecule has 1 fully saturated rings. The topological polar surface area (TPSA) is 79.2 Å². The zero-order valence-electron chi connectivity index (χ0n) is 19.0. The number of hydrogen-bond donors (Lipinski definition) is 1. The second kappa shape index (κ2) is 10.9. The lowest BCUT2D eigenvalue weighted by Gasteiger charge is -2.32. The third-order valence-corrected chi connectivity index (χ3v) is 6.40. The molecular formula is C22H38N6O2. The quantitative estimate of drug-likeness (QED) is 0.566. The van der Waals surface area contributed by atoms with Crippen LogP contribution in [0.1, 0.15) is 57.2 Å². The average Bonchev–Trinajstić information content (AvgIpc) is 3.06. The molecule has 8 nitrogen and oxygen atoms in total. The average molecular weight is 419 g/mol. The van der Waals surface area contributed by atoms with E-state index in [0.717, 1.165) is 25.2 Å². The van der Waals surface area contributed by atoms with Gasteiger partial charge in [0.15, 0.2) is 11.2 Å². The van der Waals surface area contributed by atoms with E-state index in [2.05, 4.69) is 26.8 Å². The van der Waals surface area contributed by atoms with Gasteiger partial charge in [-0.05, 0) is 33.4 Å². The minimum Gasteiger partial charge on any atom is -0.322 e. The first-order chi connectivity index (χ1) is 14.5. The monoisotopic (exact) mass is 418 g/mol. The molecule has 0 atom stereocenters. The van der Waals surface area contributed by atoms with Crippen LogP contribution in [-0.2, 0) is 13.6 Å². The summed E-state index contributed by atoms with van der Waals surface area (Å²) in [6, 6.07) is 0. The standard InChI is InChI=1S/C22H38N6O2/c1-18-23-20-19(21(29)24-22(30)26(20)3)28(18)13-11-9-7-5-4-6-8-10-12-27-16-14-25(2)15-17-27/h4-17H2,1-3H3,(H,24,29,30). The Morgan fingerprint density at radius 1 is 0.833 bits per heavy atom. The smallest absolute Gasteiger partial charge is 0.322 e. The van der Waals surface area contributed by atoms with E-state index in [4.69, 9.17) is 0 Å². The van der Waals surface area contributed by atoms with Crippen LogP contribution in [0.15, 0.2) is 9.59 Å². The van der Waals surface area contributed by atoms with Crippen molar-refractivity contribution in [2.75, 3.05) is 39.8 Å². The summed E-state index contributed by atoms with van der Waals surface area (Å²) in [7, 11) is 3.85. The molecule has 1 N–H and O–H groups in total. The van der Waals surface area contributed by atoms with Gasteiger partial charge in [0.05, 0.1) is 0 Å². The molecule has 3 rings (SSSR count). The van der Waals surface area contributed by atoms with Crippen molar-refractivity contribution in [2.45, 2.75) is 64.8 Å². The summed E-state index contributed by atoms with van der Waals surface area (Å²) in [5.41, 5.74) is 0.221. The molecule has 2 aromatic heterocycles. The van der Waals surface area contributed by atoms with Crippen LogP contribution < -0.4 is 11.2 Å². The fourth-order valence-electron chi connectivity index (χ4n) is 4.35. The van der Waals surface area contributed by atoms with Crippen molar-refractivity contribution < 1.29 is 0 Å². The largest absolute Gasteiger partial charge is 0.329 e. The lowest BCUT2D eigenvalue weighted by atomic mass is 10.1. The van der Waals surface area contributed by atoms with Gasteiger partial charge < -0.3 is 14.4 Å². The van der Waals surface area contributed by atoms with Crippen molar-refractivity contribution in [2.24, 2.45) is 7.05 Å². The Kier molecular flexibility index (Phi) is 8.27. The van der Waals surface area contributed by atoms with Gasteiger partial charge in [-0.2, -0.15) is 0 Å². The fraction of sp³-hybridized carbons (Fsp3) is 0.773. The first kappa shape index (κ1) is 22.7. The van der Waals surface area contributed by atoms with Gasteiger partial charge in [0, 0.05) is 39.8 Å². The third-order valence-electron chi connectivity index (χ3n) is 6.40. The predicted octanol–water partition coefficient (Wildman–Crippen LogP) is 2.10. The van der Waals surface area contributed by atoms with Gasteiger partial charge in [0.1, 0.15) is 5.82 Å². The highest BCUT2D eigenvalue weighted by atomic mass is 16.2. The summed E-state index contributed by atoms with van der Waals surface area (Å²) < 4.78 is 3.36. The molecule has 168 valence electrons. The van der Waals surface area contributed by atoms with Crippen LogP contribution in [0.4, 0.5) is 0 Å². The van der Waals surface area contributed by atoms with Gasteiger partial charge in [0.2, 0.25) is 0 Å². The number of rotatable bonds is 11. The van der Waals surface area contributed by atoms with Crippen molar-refractivity contribution >= 4 is 11.2 Å². The summed E-state index contributed by atoms with van der Waals surface area (Å²) in [6.07, 6.45) is 10.0. The van der Waals surface area contributed by atoms with Crippen LogP contribution in [0.3, 0.4) is 0 Å². The number of aromatic nitrogens is 4. The summed E-state index contributed by atoms with van der Waals surface area (Å²) in [4.78, 5) is 35.8. The van der Waals surface area contributed by atoms with Crippen molar-refractivity contribution in [3.05, 3.63) is 26.7 Å². The number of likely N-dealkylation sites (N-methyl/N-ethyl adjacent to an activating group) is 1.